The second kappa shape index (κ2) is 17.0. The van der Waals surface area contributed by atoms with E-state index in [1.807, 2.05) is 0 Å². The standard InChI is InChI=1S/C18H38O2/c1-2-3-4-5-9-12-15-18(20)16-13-10-7-6-8-11-14-17-19/h18-20H,2-17H2,1H3. The van der Waals surface area contributed by atoms with Gasteiger partial charge in [-0.25, -0.2) is 0 Å². The minimum atomic E-state index is -0.0597. The Labute approximate surface area is 127 Å². The molecule has 0 radical (unpaired) electrons. The van der Waals surface area contributed by atoms with Gasteiger partial charge in [0.25, 0.3) is 0 Å². The second-order valence-corrected chi connectivity index (χ2v) is 6.20. The average molecular weight is 286 g/mol. The Bertz CT molecular complexity index is 171. The van der Waals surface area contributed by atoms with Crippen LogP contribution in [0.1, 0.15) is 103 Å². The fourth-order valence-electron chi connectivity index (χ4n) is 2.68. The largest absolute Gasteiger partial charge is 0.396 e. The van der Waals surface area contributed by atoms with Crippen molar-refractivity contribution in [2.45, 2.75) is 109 Å². The van der Waals surface area contributed by atoms with E-state index in [9.17, 15) is 5.11 Å². The number of rotatable bonds is 16. The van der Waals surface area contributed by atoms with Crippen LogP contribution in [-0.2, 0) is 0 Å². The molecule has 122 valence electrons. The van der Waals surface area contributed by atoms with Gasteiger partial charge in [-0.15, -0.1) is 0 Å². The smallest absolute Gasteiger partial charge is 0.0540 e. The third kappa shape index (κ3) is 16.0. The van der Waals surface area contributed by atoms with Crippen molar-refractivity contribution in [1.82, 2.24) is 0 Å². The summed E-state index contributed by atoms with van der Waals surface area (Å²) in [4.78, 5) is 0. The first-order chi connectivity index (χ1) is 9.81. The molecular formula is C18H38O2. The molecule has 0 spiro atoms. The van der Waals surface area contributed by atoms with Crippen molar-refractivity contribution in [1.29, 1.82) is 0 Å². The Morgan fingerprint density at radius 1 is 0.600 bits per heavy atom. The molecule has 0 aromatic rings. The molecule has 1 atom stereocenters. The number of aliphatic hydroxyl groups excluding tert-OH is 2. The van der Waals surface area contributed by atoms with E-state index in [0.717, 1.165) is 25.7 Å². The van der Waals surface area contributed by atoms with Crippen LogP contribution in [-0.4, -0.2) is 22.9 Å². The van der Waals surface area contributed by atoms with Crippen LogP contribution in [0.3, 0.4) is 0 Å². The SMILES string of the molecule is CCCCCCCCC(O)CCCCCCCCCO. The summed E-state index contributed by atoms with van der Waals surface area (Å²) in [7, 11) is 0. The van der Waals surface area contributed by atoms with Gasteiger partial charge >= 0.3 is 0 Å². The Kier molecular flexibility index (Phi) is 16.9. The zero-order chi connectivity index (χ0) is 14.9. The van der Waals surface area contributed by atoms with Crippen molar-refractivity contribution >= 4 is 0 Å². The van der Waals surface area contributed by atoms with Gasteiger partial charge in [0, 0.05) is 6.61 Å². The number of aliphatic hydroxyl groups is 2. The van der Waals surface area contributed by atoms with Gasteiger partial charge in [-0.3, -0.25) is 0 Å². The van der Waals surface area contributed by atoms with E-state index in [-0.39, 0.29) is 6.10 Å². The lowest BCUT2D eigenvalue weighted by Crippen LogP contribution is -2.05. The van der Waals surface area contributed by atoms with Crippen molar-refractivity contribution in [3.63, 3.8) is 0 Å². The molecule has 2 nitrogen and oxygen atoms in total. The molecule has 0 heterocycles. The van der Waals surface area contributed by atoms with E-state index in [2.05, 4.69) is 6.92 Å². The van der Waals surface area contributed by atoms with Gasteiger partial charge < -0.3 is 10.2 Å². The maximum Gasteiger partial charge on any atom is 0.0540 e. The zero-order valence-corrected chi connectivity index (χ0v) is 13.8. The average Bonchev–Trinajstić information content (AvgIpc) is 2.45. The molecule has 0 aromatic carbocycles. The van der Waals surface area contributed by atoms with Gasteiger partial charge in [0.1, 0.15) is 0 Å². The van der Waals surface area contributed by atoms with Crippen LogP contribution in [0.15, 0.2) is 0 Å². The topological polar surface area (TPSA) is 40.5 Å². The fourth-order valence-corrected chi connectivity index (χ4v) is 2.68. The first-order valence-corrected chi connectivity index (χ1v) is 9.10. The monoisotopic (exact) mass is 286 g/mol. The lowest BCUT2D eigenvalue weighted by molar-refractivity contribution is 0.147. The molecule has 0 fully saturated rings. The quantitative estimate of drug-likeness (QED) is 0.382. The first kappa shape index (κ1) is 19.9. The molecule has 0 aliphatic heterocycles. The lowest BCUT2D eigenvalue weighted by Gasteiger charge is -2.10. The van der Waals surface area contributed by atoms with Crippen LogP contribution in [0.5, 0.6) is 0 Å². The molecule has 2 heteroatoms. The van der Waals surface area contributed by atoms with Gasteiger partial charge in [-0.1, -0.05) is 84.0 Å². The predicted molar refractivity (Wildman–Crippen MR) is 88.0 cm³/mol. The molecule has 0 aromatic heterocycles. The first-order valence-electron chi connectivity index (χ1n) is 9.10. The summed E-state index contributed by atoms with van der Waals surface area (Å²) in [5.41, 5.74) is 0. The third-order valence-corrected chi connectivity index (χ3v) is 4.09. The summed E-state index contributed by atoms with van der Waals surface area (Å²) < 4.78 is 0. The zero-order valence-electron chi connectivity index (χ0n) is 13.8. The van der Waals surface area contributed by atoms with E-state index in [1.165, 1.54) is 70.6 Å². The molecule has 0 aliphatic rings. The fraction of sp³-hybridized carbons (Fsp3) is 1.00. The van der Waals surface area contributed by atoms with Crippen LogP contribution in [0.25, 0.3) is 0 Å². The van der Waals surface area contributed by atoms with Gasteiger partial charge in [-0.2, -0.15) is 0 Å². The highest BCUT2D eigenvalue weighted by Crippen LogP contribution is 2.14. The maximum absolute atomic E-state index is 9.90. The molecule has 1 unspecified atom stereocenters. The van der Waals surface area contributed by atoms with Crippen molar-refractivity contribution in [3.8, 4) is 0 Å². The molecular weight excluding hydrogens is 248 g/mol. The Hall–Kier alpha value is -0.0800. The molecule has 0 amide bonds. The van der Waals surface area contributed by atoms with Crippen LogP contribution in [0.2, 0.25) is 0 Å². The minimum absolute atomic E-state index is 0.0597. The van der Waals surface area contributed by atoms with Gasteiger partial charge in [0.15, 0.2) is 0 Å². The highest BCUT2D eigenvalue weighted by molar-refractivity contribution is 4.57. The van der Waals surface area contributed by atoms with Crippen molar-refractivity contribution in [2.75, 3.05) is 6.61 Å². The van der Waals surface area contributed by atoms with Crippen molar-refractivity contribution in [2.24, 2.45) is 0 Å². The Balaban J connectivity index is 3.10. The highest BCUT2D eigenvalue weighted by atomic mass is 16.3. The van der Waals surface area contributed by atoms with E-state index < -0.39 is 0 Å². The van der Waals surface area contributed by atoms with Crippen LogP contribution >= 0.6 is 0 Å². The molecule has 20 heavy (non-hydrogen) atoms. The summed E-state index contributed by atoms with van der Waals surface area (Å²) >= 11 is 0. The molecule has 0 rings (SSSR count). The number of unbranched alkanes of at least 4 members (excludes halogenated alkanes) is 11. The molecule has 0 bridgehead atoms. The summed E-state index contributed by atoms with van der Waals surface area (Å²) in [6, 6.07) is 0. The van der Waals surface area contributed by atoms with Gasteiger partial charge in [0.2, 0.25) is 0 Å². The normalized spacial score (nSPS) is 12.8. The maximum atomic E-state index is 9.90. The molecule has 0 aliphatic carbocycles. The Morgan fingerprint density at radius 3 is 1.45 bits per heavy atom. The summed E-state index contributed by atoms with van der Waals surface area (Å²) in [5, 5.41) is 18.6. The van der Waals surface area contributed by atoms with Crippen LogP contribution in [0, 0.1) is 0 Å². The van der Waals surface area contributed by atoms with Crippen molar-refractivity contribution < 1.29 is 10.2 Å². The number of hydrogen-bond donors (Lipinski definition) is 2. The molecule has 2 N–H and O–H groups in total. The second-order valence-electron chi connectivity index (χ2n) is 6.20. The molecule has 0 saturated heterocycles. The van der Waals surface area contributed by atoms with E-state index in [4.69, 9.17) is 5.11 Å². The molecule has 0 saturated carbocycles. The van der Waals surface area contributed by atoms with E-state index in [1.54, 1.807) is 0 Å². The highest BCUT2D eigenvalue weighted by Gasteiger charge is 2.03. The minimum Gasteiger partial charge on any atom is -0.396 e. The predicted octanol–water partition coefficient (Wildman–Crippen LogP) is 5.21. The third-order valence-electron chi connectivity index (χ3n) is 4.09. The van der Waals surface area contributed by atoms with Crippen LogP contribution in [0.4, 0.5) is 0 Å². The van der Waals surface area contributed by atoms with E-state index >= 15 is 0 Å². The lowest BCUT2D eigenvalue weighted by atomic mass is 10.0. The van der Waals surface area contributed by atoms with Crippen LogP contribution < -0.4 is 0 Å². The van der Waals surface area contributed by atoms with Gasteiger partial charge in [0.05, 0.1) is 6.10 Å². The summed E-state index contributed by atoms with van der Waals surface area (Å²) in [5.74, 6) is 0. The van der Waals surface area contributed by atoms with E-state index in [0.29, 0.717) is 6.61 Å². The Morgan fingerprint density at radius 2 is 1.00 bits per heavy atom. The summed E-state index contributed by atoms with van der Waals surface area (Å²) in [6.45, 7) is 2.58. The summed E-state index contributed by atoms with van der Waals surface area (Å²) in [6.07, 6.45) is 18.2. The van der Waals surface area contributed by atoms with Gasteiger partial charge in [-0.05, 0) is 19.3 Å². The van der Waals surface area contributed by atoms with Crippen molar-refractivity contribution in [3.05, 3.63) is 0 Å². The number of hydrogen-bond acceptors (Lipinski definition) is 2.